The molecule has 8 nitrogen and oxygen atoms in total. The van der Waals surface area contributed by atoms with Gasteiger partial charge in [-0.2, -0.15) is 5.10 Å². The first-order chi connectivity index (χ1) is 14.6. The lowest BCUT2D eigenvalue weighted by molar-refractivity contribution is 0.585. The summed E-state index contributed by atoms with van der Waals surface area (Å²) in [5, 5.41) is 16.8. The molecule has 0 bridgehead atoms. The van der Waals surface area contributed by atoms with Crippen LogP contribution in [-0.4, -0.2) is 46.3 Å². The number of hydrogen-bond acceptors (Lipinski definition) is 7. The molecule has 0 spiro atoms. The van der Waals surface area contributed by atoms with Gasteiger partial charge in [-0.1, -0.05) is 13.2 Å². The van der Waals surface area contributed by atoms with E-state index in [9.17, 15) is 4.39 Å². The van der Waals surface area contributed by atoms with Crippen molar-refractivity contribution in [3.05, 3.63) is 73.2 Å². The molecule has 30 heavy (non-hydrogen) atoms. The van der Waals surface area contributed by atoms with Crippen molar-refractivity contribution in [1.82, 2.24) is 25.5 Å². The van der Waals surface area contributed by atoms with Crippen LogP contribution in [0.1, 0.15) is 11.3 Å². The van der Waals surface area contributed by atoms with Gasteiger partial charge in [0.2, 0.25) is 0 Å². The Morgan fingerprint density at radius 3 is 2.63 bits per heavy atom. The molecule has 3 aromatic heterocycles. The normalized spacial score (nSPS) is 13.7. The maximum atomic E-state index is 13.4. The largest absolute Gasteiger partial charge is 0.354 e. The predicted octanol–water partition coefficient (Wildman–Crippen LogP) is 2.91. The number of pyridine rings is 2. The molecule has 0 radical (unpaired) electrons. The van der Waals surface area contributed by atoms with E-state index in [1.54, 1.807) is 12.4 Å². The molecular formula is C21H23FN8. The minimum Gasteiger partial charge on any atom is -0.354 e. The van der Waals surface area contributed by atoms with Crippen LogP contribution in [0.5, 0.6) is 0 Å². The third-order valence-electron chi connectivity index (χ3n) is 4.75. The van der Waals surface area contributed by atoms with Crippen molar-refractivity contribution < 1.29 is 4.39 Å². The number of hydrogen-bond donors (Lipinski definition) is 4. The molecular weight excluding hydrogens is 383 g/mol. The summed E-state index contributed by atoms with van der Waals surface area (Å²) >= 11 is 0. The summed E-state index contributed by atoms with van der Waals surface area (Å²) in [4.78, 5) is 10.6. The van der Waals surface area contributed by atoms with Crippen LogP contribution >= 0.6 is 0 Å². The molecule has 1 aliphatic rings. The number of aromatic amines is 1. The molecule has 4 N–H and O–H groups in total. The maximum Gasteiger partial charge on any atom is 0.142 e. The molecule has 0 aromatic carbocycles. The number of nitrogens with zero attached hydrogens (tertiary/aromatic N) is 4. The summed E-state index contributed by atoms with van der Waals surface area (Å²) in [5.41, 5.74) is 3.69. The Kier molecular flexibility index (Phi) is 5.71. The van der Waals surface area contributed by atoms with E-state index >= 15 is 0 Å². The smallest absolute Gasteiger partial charge is 0.142 e. The Morgan fingerprint density at radius 1 is 1.07 bits per heavy atom. The number of nitrogens with one attached hydrogen (secondary N) is 4. The van der Waals surface area contributed by atoms with Crippen LogP contribution in [-0.2, 0) is 0 Å². The first-order valence-corrected chi connectivity index (χ1v) is 9.59. The molecule has 0 amide bonds. The van der Waals surface area contributed by atoms with Gasteiger partial charge in [-0.25, -0.2) is 9.37 Å². The van der Waals surface area contributed by atoms with E-state index in [2.05, 4.69) is 54.2 Å². The number of aromatic nitrogens is 4. The Balaban J connectivity index is 1.42. The summed E-state index contributed by atoms with van der Waals surface area (Å²) < 4.78 is 13.4. The van der Waals surface area contributed by atoms with Crippen LogP contribution in [0, 0.1) is 5.82 Å². The summed E-state index contributed by atoms with van der Waals surface area (Å²) in [6.45, 7) is 11.8. The highest BCUT2D eigenvalue weighted by Gasteiger charge is 2.14. The third kappa shape index (κ3) is 4.47. The first-order valence-electron chi connectivity index (χ1n) is 9.59. The van der Waals surface area contributed by atoms with Crippen molar-refractivity contribution >= 4 is 28.6 Å². The van der Waals surface area contributed by atoms with Gasteiger partial charge in [-0.05, 0) is 18.2 Å². The second-order valence-electron chi connectivity index (χ2n) is 6.89. The quantitative estimate of drug-likeness (QED) is 0.479. The zero-order valence-corrected chi connectivity index (χ0v) is 16.5. The van der Waals surface area contributed by atoms with Gasteiger partial charge in [0.25, 0.3) is 0 Å². The van der Waals surface area contributed by atoms with Crippen LogP contribution in [0.25, 0.3) is 11.4 Å². The van der Waals surface area contributed by atoms with E-state index in [0.717, 1.165) is 43.9 Å². The predicted molar refractivity (Wildman–Crippen MR) is 117 cm³/mol. The molecule has 1 fully saturated rings. The van der Waals surface area contributed by atoms with Gasteiger partial charge in [0.05, 0.1) is 29.5 Å². The molecule has 154 valence electrons. The van der Waals surface area contributed by atoms with Crippen LogP contribution in [0.3, 0.4) is 0 Å². The van der Waals surface area contributed by atoms with Gasteiger partial charge in [0, 0.05) is 49.8 Å². The molecule has 4 rings (SSSR count). The Bertz CT molecular complexity index is 1040. The summed E-state index contributed by atoms with van der Waals surface area (Å²) in [6.07, 6.45) is 6.15. The molecule has 4 heterocycles. The van der Waals surface area contributed by atoms with Crippen molar-refractivity contribution in [1.29, 1.82) is 0 Å². The van der Waals surface area contributed by atoms with E-state index in [-0.39, 0.29) is 0 Å². The molecule has 1 saturated heterocycles. The highest BCUT2D eigenvalue weighted by atomic mass is 19.1. The van der Waals surface area contributed by atoms with Crippen LogP contribution in [0.2, 0.25) is 0 Å². The van der Waals surface area contributed by atoms with E-state index in [1.807, 2.05) is 12.1 Å². The van der Waals surface area contributed by atoms with Gasteiger partial charge in [-0.15, -0.1) is 0 Å². The van der Waals surface area contributed by atoms with Gasteiger partial charge >= 0.3 is 0 Å². The number of halogens is 1. The molecule has 0 atom stereocenters. The lowest BCUT2D eigenvalue weighted by atomic mass is 10.2. The monoisotopic (exact) mass is 406 g/mol. The number of H-pyrrole nitrogens is 1. The van der Waals surface area contributed by atoms with E-state index < -0.39 is 5.82 Å². The highest BCUT2D eigenvalue weighted by molar-refractivity contribution is 5.84. The summed E-state index contributed by atoms with van der Waals surface area (Å²) in [7, 11) is 0. The molecule has 0 aliphatic carbocycles. The van der Waals surface area contributed by atoms with Crippen molar-refractivity contribution in [2.45, 2.75) is 0 Å². The Hall–Kier alpha value is -3.72. The second-order valence-corrected chi connectivity index (χ2v) is 6.89. The number of piperazine rings is 1. The minimum atomic E-state index is -0.425. The fourth-order valence-electron chi connectivity index (χ4n) is 3.20. The van der Waals surface area contributed by atoms with Gasteiger partial charge in [0.1, 0.15) is 17.3 Å². The van der Waals surface area contributed by atoms with E-state index in [1.165, 1.54) is 12.3 Å². The van der Waals surface area contributed by atoms with E-state index in [0.29, 0.717) is 28.3 Å². The first kappa shape index (κ1) is 19.6. The summed E-state index contributed by atoms with van der Waals surface area (Å²) in [5.74, 6) is 0.528. The number of anilines is 3. The van der Waals surface area contributed by atoms with Gasteiger partial charge < -0.3 is 20.9 Å². The van der Waals surface area contributed by atoms with Crippen LogP contribution in [0.4, 0.5) is 21.6 Å². The molecule has 0 saturated carbocycles. The standard InChI is InChI=1S/C21H23FN8/c1-14(16-9-17(22)11-24-10-16)28-19-13-26-29-21(19)15(2)27-18-3-4-20(25-12-18)30-7-5-23-6-8-30/h3-4,9-13,23,27-28H,1-2,5-8H2,(H,26,29). The fraction of sp³-hybridized carbons (Fsp3) is 0.190. The molecule has 0 unspecified atom stereocenters. The van der Waals surface area contributed by atoms with Crippen LogP contribution in [0.15, 0.2) is 56.1 Å². The van der Waals surface area contributed by atoms with Crippen LogP contribution < -0.4 is 20.9 Å². The molecule has 3 aromatic rings. The summed E-state index contributed by atoms with van der Waals surface area (Å²) in [6, 6.07) is 5.32. The van der Waals surface area contributed by atoms with Gasteiger partial charge in [0.15, 0.2) is 0 Å². The maximum absolute atomic E-state index is 13.4. The number of rotatable bonds is 7. The zero-order chi connectivity index (χ0) is 20.9. The average Bonchev–Trinajstić information content (AvgIpc) is 3.23. The van der Waals surface area contributed by atoms with Gasteiger partial charge in [-0.3, -0.25) is 10.1 Å². The van der Waals surface area contributed by atoms with Crippen molar-refractivity contribution in [2.75, 3.05) is 41.7 Å². The molecule has 9 heteroatoms. The lowest BCUT2D eigenvalue weighted by Crippen LogP contribution is -2.43. The second kappa shape index (κ2) is 8.75. The van der Waals surface area contributed by atoms with E-state index in [4.69, 9.17) is 0 Å². The SMILES string of the molecule is C=C(Nc1c[nH]nc1C(=C)Nc1ccc(N2CCNCC2)nc1)c1cncc(F)c1. The minimum absolute atomic E-state index is 0.425. The average molecular weight is 406 g/mol. The third-order valence-corrected chi connectivity index (χ3v) is 4.75. The lowest BCUT2D eigenvalue weighted by Gasteiger charge is -2.28. The zero-order valence-electron chi connectivity index (χ0n) is 16.5. The van der Waals surface area contributed by atoms with Crippen molar-refractivity contribution in [3.8, 4) is 0 Å². The highest BCUT2D eigenvalue weighted by Crippen LogP contribution is 2.25. The topological polar surface area (TPSA) is 93.8 Å². The molecule has 1 aliphatic heterocycles. The Labute approximate surface area is 173 Å². The van der Waals surface area contributed by atoms with Crippen molar-refractivity contribution in [2.24, 2.45) is 0 Å². The van der Waals surface area contributed by atoms with Crippen molar-refractivity contribution in [3.63, 3.8) is 0 Å². The fourth-order valence-corrected chi connectivity index (χ4v) is 3.20. The Morgan fingerprint density at radius 2 is 1.90 bits per heavy atom.